The number of nitrogens with two attached hydrogens (primary N) is 1. The number of nitrogens with zero attached hydrogens (tertiary/aromatic N) is 2. The fraction of sp³-hybridized carbons (Fsp3) is 0.182. The van der Waals surface area contributed by atoms with Gasteiger partial charge < -0.3 is 20.7 Å². The van der Waals surface area contributed by atoms with Gasteiger partial charge in [-0.1, -0.05) is 24.3 Å². The SMILES string of the molecule is COc1cccc(C2NC(=O)N(C)C(C)=C2c2nc(-c3ccc(N)cc3)cs2)c1. The Morgan fingerprint density at radius 3 is 2.69 bits per heavy atom. The molecule has 0 aliphatic carbocycles. The van der Waals surface area contributed by atoms with Crippen LogP contribution < -0.4 is 15.8 Å². The summed E-state index contributed by atoms with van der Waals surface area (Å²) >= 11 is 1.56. The molecule has 1 aliphatic heterocycles. The summed E-state index contributed by atoms with van der Waals surface area (Å²) in [5, 5.41) is 5.99. The number of rotatable bonds is 4. The molecule has 6 nitrogen and oxygen atoms in total. The van der Waals surface area contributed by atoms with E-state index < -0.39 is 0 Å². The molecular weight excluding hydrogens is 384 g/mol. The molecule has 0 saturated carbocycles. The van der Waals surface area contributed by atoms with E-state index in [9.17, 15) is 4.79 Å². The minimum absolute atomic E-state index is 0.144. The highest BCUT2D eigenvalue weighted by Gasteiger charge is 2.32. The van der Waals surface area contributed by atoms with Crippen LogP contribution in [-0.4, -0.2) is 30.1 Å². The van der Waals surface area contributed by atoms with E-state index >= 15 is 0 Å². The van der Waals surface area contributed by atoms with Crippen LogP contribution in [0.15, 0.2) is 59.6 Å². The van der Waals surface area contributed by atoms with Gasteiger partial charge in [-0.2, -0.15) is 0 Å². The Balaban J connectivity index is 1.79. The van der Waals surface area contributed by atoms with Crippen molar-refractivity contribution in [3.8, 4) is 17.0 Å². The summed E-state index contributed by atoms with van der Waals surface area (Å²) in [5.74, 6) is 0.745. The minimum atomic E-state index is -0.306. The fourth-order valence-electron chi connectivity index (χ4n) is 3.37. The van der Waals surface area contributed by atoms with Gasteiger partial charge in [0.25, 0.3) is 0 Å². The van der Waals surface area contributed by atoms with Gasteiger partial charge >= 0.3 is 6.03 Å². The largest absolute Gasteiger partial charge is 0.497 e. The third-order valence-corrected chi connectivity index (χ3v) is 6.00. The highest BCUT2D eigenvalue weighted by atomic mass is 32.1. The molecule has 2 amide bonds. The predicted molar refractivity (Wildman–Crippen MR) is 117 cm³/mol. The quantitative estimate of drug-likeness (QED) is 0.624. The highest BCUT2D eigenvalue weighted by Crippen LogP contribution is 2.39. The van der Waals surface area contributed by atoms with Crippen LogP contribution in [0.4, 0.5) is 10.5 Å². The number of nitrogens with one attached hydrogen (secondary N) is 1. The van der Waals surface area contributed by atoms with Crippen LogP contribution in [0.5, 0.6) is 5.75 Å². The third kappa shape index (κ3) is 3.56. The second kappa shape index (κ2) is 7.60. The fourth-order valence-corrected chi connectivity index (χ4v) is 4.32. The second-order valence-corrected chi connectivity index (χ2v) is 7.74. The van der Waals surface area contributed by atoms with Gasteiger partial charge in [-0.3, -0.25) is 0 Å². The summed E-state index contributed by atoms with van der Waals surface area (Å²) in [7, 11) is 3.40. The zero-order valence-electron chi connectivity index (χ0n) is 16.5. The zero-order valence-corrected chi connectivity index (χ0v) is 17.3. The van der Waals surface area contributed by atoms with Crippen molar-refractivity contribution in [2.45, 2.75) is 13.0 Å². The Bertz CT molecular complexity index is 1090. The Morgan fingerprint density at radius 1 is 1.21 bits per heavy atom. The van der Waals surface area contributed by atoms with Crippen molar-refractivity contribution in [3.63, 3.8) is 0 Å². The van der Waals surface area contributed by atoms with Crippen LogP contribution in [0.3, 0.4) is 0 Å². The number of thiazole rings is 1. The van der Waals surface area contributed by atoms with Crippen molar-refractivity contribution in [1.82, 2.24) is 15.2 Å². The standard InChI is InChI=1S/C22H22N4O2S/c1-13-19(21-24-18(12-29-21)14-7-9-16(23)10-8-14)20(25-22(27)26(13)2)15-5-4-6-17(11-15)28-3/h4-12,20H,23H2,1-3H3,(H,25,27). The molecule has 148 valence electrons. The lowest BCUT2D eigenvalue weighted by atomic mass is 9.95. The van der Waals surface area contributed by atoms with Gasteiger partial charge in [-0.15, -0.1) is 11.3 Å². The number of benzene rings is 2. The molecular formula is C22H22N4O2S. The van der Waals surface area contributed by atoms with Crippen LogP contribution in [0.25, 0.3) is 16.8 Å². The molecule has 2 heterocycles. The number of urea groups is 1. The van der Waals surface area contributed by atoms with Crippen LogP contribution in [-0.2, 0) is 0 Å². The first-order valence-electron chi connectivity index (χ1n) is 9.18. The maximum absolute atomic E-state index is 12.5. The second-order valence-electron chi connectivity index (χ2n) is 6.88. The number of nitrogen functional groups attached to an aromatic ring is 1. The average molecular weight is 407 g/mol. The van der Waals surface area contributed by atoms with Gasteiger partial charge in [0.05, 0.1) is 18.8 Å². The number of allylic oxidation sites excluding steroid dienone is 1. The normalized spacial score (nSPS) is 16.7. The number of hydrogen-bond acceptors (Lipinski definition) is 5. The lowest BCUT2D eigenvalue weighted by Gasteiger charge is -2.33. The first-order chi connectivity index (χ1) is 14.0. The van der Waals surface area contributed by atoms with E-state index in [0.717, 1.165) is 44.5 Å². The van der Waals surface area contributed by atoms with Crippen molar-refractivity contribution in [1.29, 1.82) is 0 Å². The lowest BCUT2D eigenvalue weighted by Crippen LogP contribution is -2.44. The van der Waals surface area contributed by atoms with Crippen molar-refractivity contribution < 1.29 is 9.53 Å². The molecule has 0 spiro atoms. The molecule has 4 rings (SSSR count). The third-order valence-electron chi connectivity index (χ3n) is 5.12. The Hall–Kier alpha value is -3.32. The Kier molecular flexibility index (Phi) is 4.98. The number of methoxy groups -OCH3 is 1. The zero-order chi connectivity index (χ0) is 20.5. The number of anilines is 1. The molecule has 2 aromatic carbocycles. The van der Waals surface area contributed by atoms with E-state index in [1.54, 1.807) is 30.4 Å². The molecule has 0 fully saturated rings. The van der Waals surface area contributed by atoms with Crippen molar-refractivity contribution in [2.24, 2.45) is 0 Å². The summed E-state index contributed by atoms with van der Waals surface area (Å²) in [6, 6.07) is 14.9. The number of ether oxygens (including phenoxy) is 1. The molecule has 1 unspecified atom stereocenters. The number of aromatic nitrogens is 1. The average Bonchev–Trinajstić information content (AvgIpc) is 3.22. The van der Waals surface area contributed by atoms with Gasteiger partial charge in [-0.05, 0) is 36.8 Å². The molecule has 0 saturated heterocycles. The molecule has 1 atom stereocenters. The van der Waals surface area contributed by atoms with Crippen LogP contribution in [0.2, 0.25) is 0 Å². The number of carbonyl (C=O) groups excluding carboxylic acids is 1. The van der Waals surface area contributed by atoms with Crippen LogP contribution >= 0.6 is 11.3 Å². The maximum Gasteiger partial charge on any atom is 0.322 e. The number of amides is 2. The van der Waals surface area contributed by atoms with Gasteiger partial charge in [0.1, 0.15) is 10.8 Å². The van der Waals surface area contributed by atoms with E-state index in [-0.39, 0.29) is 12.1 Å². The first kappa shape index (κ1) is 19.0. The lowest BCUT2D eigenvalue weighted by molar-refractivity contribution is 0.214. The maximum atomic E-state index is 12.5. The van der Waals surface area contributed by atoms with Crippen molar-refractivity contribution in [3.05, 3.63) is 70.2 Å². The molecule has 0 bridgehead atoms. The summed E-state index contributed by atoms with van der Waals surface area (Å²) in [6.07, 6.45) is 0. The summed E-state index contributed by atoms with van der Waals surface area (Å²) < 4.78 is 5.37. The van der Waals surface area contributed by atoms with E-state index in [2.05, 4.69) is 5.32 Å². The van der Waals surface area contributed by atoms with E-state index in [1.807, 2.05) is 60.8 Å². The molecule has 0 radical (unpaired) electrons. The van der Waals surface area contributed by atoms with Gasteiger partial charge in [-0.25, -0.2) is 9.78 Å². The summed E-state index contributed by atoms with van der Waals surface area (Å²) in [6.45, 7) is 1.95. The first-order valence-corrected chi connectivity index (χ1v) is 10.1. The Morgan fingerprint density at radius 2 is 1.97 bits per heavy atom. The molecule has 29 heavy (non-hydrogen) atoms. The smallest absolute Gasteiger partial charge is 0.322 e. The number of carbonyl (C=O) groups is 1. The monoisotopic (exact) mass is 406 g/mol. The predicted octanol–water partition coefficient (Wildman–Crippen LogP) is 4.53. The van der Waals surface area contributed by atoms with Gasteiger partial charge in [0.15, 0.2) is 0 Å². The van der Waals surface area contributed by atoms with E-state index in [4.69, 9.17) is 15.5 Å². The molecule has 1 aromatic heterocycles. The van der Waals surface area contributed by atoms with Crippen molar-refractivity contribution >= 4 is 28.6 Å². The minimum Gasteiger partial charge on any atom is -0.497 e. The summed E-state index contributed by atoms with van der Waals surface area (Å²) in [5.41, 5.74) is 11.2. The van der Waals surface area contributed by atoms with Crippen LogP contribution in [0, 0.1) is 0 Å². The summed E-state index contributed by atoms with van der Waals surface area (Å²) in [4.78, 5) is 19.0. The molecule has 3 N–H and O–H groups in total. The van der Waals surface area contributed by atoms with E-state index in [0.29, 0.717) is 0 Å². The van der Waals surface area contributed by atoms with Gasteiger partial charge in [0.2, 0.25) is 0 Å². The highest BCUT2D eigenvalue weighted by molar-refractivity contribution is 7.11. The topological polar surface area (TPSA) is 80.5 Å². The van der Waals surface area contributed by atoms with Gasteiger partial charge in [0, 0.05) is 34.9 Å². The molecule has 3 aromatic rings. The van der Waals surface area contributed by atoms with Crippen LogP contribution in [0.1, 0.15) is 23.5 Å². The molecule has 7 heteroatoms. The molecule has 1 aliphatic rings. The number of hydrogen-bond donors (Lipinski definition) is 2. The van der Waals surface area contributed by atoms with E-state index in [1.165, 1.54) is 0 Å². The Labute approximate surface area is 173 Å². The van der Waals surface area contributed by atoms with Crippen molar-refractivity contribution in [2.75, 3.05) is 19.9 Å².